The van der Waals surface area contributed by atoms with Crippen LogP contribution in [0.3, 0.4) is 0 Å². The van der Waals surface area contributed by atoms with Crippen LogP contribution >= 0.6 is 0 Å². The zero-order chi connectivity index (χ0) is 9.43. The van der Waals surface area contributed by atoms with Gasteiger partial charge in [-0.25, -0.2) is 4.99 Å². The number of aliphatic imine (C=N–C) groups is 2. The Kier molecular flexibility index (Phi) is 1.36. The number of hydrogen-bond acceptors (Lipinski definition) is 3. The van der Waals surface area contributed by atoms with E-state index in [2.05, 4.69) is 27.7 Å². The van der Waals surface area contributed by atoms with Gasteiger partial charge < -0.3 is 5.32 Å². The third kappa shape index (κ3) is 0.812. The van der Waals surface area contributed by atoms with E-state index in [-0.39, 0.29) is 0 Å². The van der Waals surface area contributed by atoms with E-state index in [0.717, 1.165) is 11.4 Å². The van der Waals surface area contributed by atoms with Crippen molar-refractivity contribution < 1.29 is 0 Å². The maximum Gasteiger partial charge on any atom is 0.142 e. The first-order valence-electron chi connectivity index (χ1n) is 4.37. The smallest absolute Gasteiger partial charge is 0.142 e. The first-order chi connectivity index (χ1) is 6.92. The topological polar surface area (TPSA) is 36.8 Å². The molecule has 0 fully saturated rings. The first kappa shape index (κ1) is 7.50. The summed E-state index contributed by atoms with van der Waals surface area (Å²) >= 11 is 0. The van der Waals surface area contributed by atoms with Crippen molar-refractivity contribution >= 4 is 11.4 Å². The highest BCUT2D eigenvalue weighted by atomic mass is 15.1. The third-order valence-electron chi connectivity index (χ3n) is 2.44. The van der Waals surface area contributed by atoms with Crippen molar-refractivity contribution in [2.45, 2.75) is 5.54 Å². The summed E-state index contributed by atoms with van der Waals surface area (Å²) in [5, 5.41) is 3.16. The molecule has 14 heavy (non-hydrogen) atoms. The fraction of sp³-hybridized carbons (Fsp3) is 0.0909. The third-order valence-corrected chi connectivity index (χ3v) is 2.44. The fourth-order valence-corrected chi connectivity index (χ4v) is 1.74. The van der Waals surface area contributed by atoms with E-state index in [4.69, 9.17) is 0 Å². The number of rotatable bonds is 0. The summed E-state index contributed by atoms with van der Waals surface area (Å²) in [7, 11) is 0. The van der Waals surface area contributed by atoms with E-state index in [1.165, 1.54) is 0 Å². The van der Waals surface area contributed by atoms with Crippen LogP contribution in [0.15, 0.2) is 46.6 Å². The highest BCUT2D eigenvalue weighted by molar-refractivity contribution is 6.27. The summed E-state index contributed by atoms with van der Waals surface area (Å²) in [4.78, 5) is 8.46. The molecule has 1 N–H and O–H groups in total. The fourth-order valence-electron chi connectivity index (χ4n) is 1.74. The van der Waals surface area contributed by atoms with Crippen molar-refractivity contribution in [1.82, 2.24) is 5.32 Å². The second-order valence-corrected chi connectivity index (χ2v) is 3.21. The quantitative estimate of drug-likeness (QED) is 0.593. The summed E-state index contributed by atoms with van der Waals surface area (Å²) in [5.74, 6) is 0. The minimum Gasteiger partial charge on any atom is -0.363 e. The Balaban J connectivity index is 2.22. The molecule has 0 aromatic heterocycles. The van der Waals surface area contributed by atoms with Gasteiger partial charge in [-0.15, -0.1) is 0 Å². The van der Waals surface area contributed by atoms with E-state index < -0.39 is 5.54 Å². The summed E-state index contributed by atoms with van der Waals surface area (Å²) in [6.45, 7) is 0. The SMILES string of the molecule is [C]1=CN=C2C=[C]N=C3C=CC=CC32N1. The highest BCUT2D eigenvalue weighted by Gasteiger charge is 2.39. The zero-order valence-corrected chi connectivity index (χ0v) is 7.36. The van der Waals surface area contributed by atoms with Crippen LogP contribution in [0.25, 0.3) is 0 Å². The number of hydrogen-bond donors (Lipinski definition) is 1. The normalized spacial score (nSPS) is 31.4. The van der Waals surface area contributed by atoms with E-state index >= 15 is 0 Å². The van der Waals surface area contributed by atoms with Crippen molar-refractivity contribution in [1.29, 1.82) is 0 Å². The van der Waals surface area contributed by atoms with Gasteiger partial charge in [0.25, 0.3) is 0 Å². The summed E-state index contributed by atoms with van der Waals surface area (Å²) < 4.78 is 0. The lowest BCUT2D eigenvalue weighted by Gasteiger charge is -2.35. The Morgan fingerprint density at radius 1 is 1.29 bits per heavy atom. The molecule has 0 aromatic rings. The van der Waals surface area contributed by atoms with Crippen LogP contribution in [0.2, 0.25) is 0 Å². The molecule has 0 saturated carbocycles. The molecule has 0 aromatic carbocycles. The molecule has 66 valence electrons. The Morgan fingerprint density at radius 3 is 3.29 bits per heavy atom. The van der Waals surface area contributed by atoms with Gasteiger partial charge in [0.2, 0.25) is 0 Å². The Labute approximate surface area is 82.0 Å². The lowest BCUT2D eigenvalue weighted by Crippen LogP contribution is -2.56. The van der Waals surface area contributed by atoms with Gasteiger partial charge in [-0.2, -0.15) is 0 Å². The molecule has 0 saturated heterocycles. The monoisotopic (exact) mass is 181 g/mol. The molecule has 3 heteroatoms. The van der Waals surface area contributed by atoms with Gasteiger partial charge in [0, 0.05) is 0 Å². The van der Waals surface area contributed by atoms with Gasteiger partial charge in [0.1, 0.15) is 5.54 Å². The minimum atomic E-state index is -0.408. The number of nitrogens with zero attached hydrogens (tertiary/aromatic N) is 2. The molecule has 1 unspecified atom stereocenters. The van der Waals surface area contributed by atoms with Crippen LogP contribution in [0, 0.1) is 12.4 Å². The summed E-state index contributed by atoms with van der Waals surface area (Å²) in [6.07, 6.45) is 17.1. The molecule has 2 radical (unpaired) electrons. The molecule has 3 aliphatic rings. The predicted molar refractivity (Wildman–Crippen MR) is 54.6 cm³/mol. The Bertz CT molecular complexity index is 439. The molecule has 2 aliphatic heterocycles. The van der Waals surface area contributed by atoms with E-state index in [0.29, 0.717) is 0 Å². The van der Waals surface area contributed by atoms with Crippen LogP contribution in [0.4, 0.5) is 0 Å². The van der Waals surface area contributed by atoms with Crippen LogP contribution < -0.4 is 5.32 Å². The van der Waals surface area contributed by atoms with Gasteiger partial charge in [0.15, 0.2) is 0 Å². The lowest BCUT2D eigenvalue weighted by atomic mass is 9.82. The second-order valence-electron chi connectivity index (χ2n) is 3.21. The largest absolute Gasteiger partial charge is 0.363 e. The number of nitrogens with one attached hydrogen (secondary N) is 1. The lowest BCUT2D eigenvalue weighted by molar-refractivity contribution is 0.729. The van der Waals surface area contributed by atoms with Crippen molar-refractivity contribution in [3.63, 3.8) is 0 Å². The second kappa shape index (κ2) is 2.54. The van der Waals surface area contributed by atoms with E-state index in [1.807, 2.05) is 24.3 Å². The van der Waals surface area contributed by atoms with Crippen LogP contribution in [0.1, 0.15) is 0 Å². The van der Waals surface area contributed by atoms with Gasteiger partial charge in [-0.05, 0) is 18.2 Å². The molecule has 1 spiro atoms. The summed E-state index contributed by atoms with van der Waals surface area (Å²) in [5.41, 5.74) is 1.40. The molecule has 0 amide bonds. The van der Waals surface area contributed by atoms with Crippen LogP contribution in [-0.4, -0.2) is 17.0 Å². The molecule has 1 atom stereocenters. The van der Waals surface area contributed by atoms with Crippen molar-refractivity contribution in [2.75, 3.05) is 0 Å². The molecule has 3 rings (SSSR count). The molecule has 0 bridgehead atoms. The Morgan fingerprint density at radius 2 is 2.29 bits per heavy atom. The maximum absolute atomic E-state index is 4.26. The Hall–Kier alpha value is -1.90. The standard InChI is InChI=1S/C11H7N3/c1-2-5-11-9(3-1)12-6-4-10(11)13-7-8-14-11/h1-5,7,14H. The molecular formula is C11H7N3. The maximum atomic E-state index is 4.26. The number of allylic oxidation sites excluding steroid dienone is 2. The van der Waals surface area contributed by atoms with Crippen molar-refractivity contribution in [3.05, 3.63) is 49.0 Å². The molecular weight excluding hydrogens is 174 g/mol. The highest BCUT2D eigenvalue weighted by Crippen LogP contribution is 2.23. The first-order valence-corrected chi connectivity index (χ1v) is 4.37. The van der Waals surface area contributed by atoms with Gasteiger partial charge in [-0.1, -0.05) is 12.2 Å². The molecule has 2 heterocycles. The predicted octanol–water partition coefficient (Wildman–Crippen LogP) is 0.941. The van der Waals surface area contributed by atoms with Gasteiger partial charge >= 0.3 is 0 Å². The summed E-state index contributed by atoms with van der Waals surface area (Å²) in [6, 6.07) is 0. The van der Waals surface area contributed by atoms with Crippen molar-refractivity contribution in [3.8, 4) is 0 Å². The zero-order valence-electron chi connectivity index (χ0n) is 7.36. The van der Waals surface area contributed by atoms with Crippen molar-refractivity contribution in [2.24, 2.45) is 9.98 Å². The van der Waals surface area contributed by atoms with Gasteiger partial charge in [0.05, 0.1) is 30.0 Å². The van der Waals surface area contributed by atoms with E-state index in [9.17, 15) is 0 Å². The minimum absolute atomic E-state index is 0.408. The molecule has 1 aliphatic carbocycles. The van der Waals surface area contributed by atoms with Gasteiger partial charge in [-0.3, -0.25) is 4.99 Å². The van der Waals surface area contributed by atoms with E-state index in [1.54, 1.807) is 12.3 Å². The average molecular weight is 181 g/mol. The van der Waals surface area contributed by atoms with Crippen LogP contribution in [-0.2, 0) is 0 Å². The average Bonchev–Trinajstić information content (AvgIpc) is 2.26. The molecule has 3 nitrogen and oxygen atoms in total. The van der Waals surface area contributed by atoms with Crippen LogP contribution in [0.5, 0.6) is 0 Å².